The van der Waals surface area contributed by atoms with E-state index in [1.807, 2.05) is 11.3 Å². The van der Waals surface area contributed by atoms with Crippen LogP contribution >= 0.6 is 11.3 Å². The van der Waals surface area contributed by atoms with E-state index < -0.39 is 0 Å². The molecule has 28 heavy (non-hydrogen) atoms. The van der Waals surface area contributed by atoms with E-state index in [0.29, 0.717) is 17.8 Å². The van der Waals surface area contributed by atoms with Gasteiger partial charge in [-0.05, 0) is 56.5 Å². The maximum atomic E-state index is 5.44. The molecule has 6 nitrogen and oxygen atoms in total. The second-order valence-electron chi connectivity index (χ2n) is 7.58. The number of hydrogen-bond donors (Lipinski definition) is 0. The number of ether oxygens (including phenoxy) is 2. The van der Waals surface area contributed by atoms with Gasteiger partial charge in [0.15, 0.2) is 0 Å². The quantitative estimate of drug-likeness (QED) is 0.647. The first-order chi connectivity index (χ1) is 13.7. The molecule has 1 aliphatic heterocycles. The lowest BCUT2D eigenvalue weighted by molar-refractivity contribution is 0.136. The molecule has 146 valence electrons. The molecule has 2 aliphatic rings. The maximum absolute atomic E-state index is 5.44. The molecule has 2 aromatic heterocycles. The second-order valence-corrected chi connectivity index (χ2v) is 8.64. The van der Waals surface area contributed by atoms with Crippen molar-refractivity contribution in [2.45, 2.75) is 37.6 Å². The van der Waals surface area contributed by atoms with Crippen molar-refractivity contribution in [3.8, 4) is 23.0 Å². The Bertz CT molecular complexity index is 993. The second kappa shape index (κ2) is 7.29. The minimum atomic E-state index is 0.305. The van der Waals surface area contributed by atoms with Gasteiger partial charge in [0.25, 0.3) is 0 Å². The lowest BCUT2D eigenvalue weighted by Gasteiger charge is -2.40. The normalized spacial score (nSPS) is 22.4. The number of aromatic nitrogens is 3. The summed E-state index contributed by atoms with van der Waals surface area (Å²) in [5, 5.41) is 1.28. The summed E-state index contributed by atoms with van der Waals surface area (Å²) < 4.78 is 11.7. The van der Waals surface area contributed by atoms with Crippen LogP contribution in [-0.4, -0.2) is 53.2 Å². The highest BCUT2D eigenvalue weighted by atomic mass is 32.1. The summed E-state index contributed by atoms with van der Waals surface area (Å²) in [6, 6.07) is 7.40. The van der Waals surface area contributed by atoms with E-state index in [1.54, 1.807) is 20.4 Å². The molecule has 2 fully saturated rings. The number of likely N-dealkylation sites (tertiary alicyclic amines) is 1. The van der Waals surface area contributed by atoms with Gasteiger partial charge in [-0.3, -0.25) is 0 Å². The number of fused-ring (bicyclic) bond motifs is 1. The zero-order valence-corrected chi connectivity index (χ0v) is 17.0. The lowest BCUT2D eigenvalue weighted by Crippen LogP contribution is -2.42. The Labute approximate surface area is 168 Å². The molecule has 5 rings (SSSR count). The van der Waals surface area contributed by atoms with E-state index in [1.165, 1.54) is 48.5 Å². The number of thiazole rings is 1. The average Bonchev–Trinajstić information content (AvgIpc) is 3.35. The molecule has 0 unspecified atom stereocenters. The molecule has 0 N–H and O–H groups in total. The monoisotopic (exact) mass is 396 g/mol. The van der Waals surface area contributed by atoms with E-state index in [0.717, 1.165) is 22.7 Å². The van der Waals surface area contributed by atoms with Crippen LogP contribution in [0.25, 0.3) is 21.3 Å². The molecule has 1 aliphatic carbocycles. The van der Waals surface area contributed by atoms with Gasteiger partial charge in [-0.25, -0.2) is 9.97 Å². The lowest BCUT2D eigenvalue weighted by atomic mass is 9.80. The van der Waals surface area contributed by atoms with Gasteiger partial charge in [-0.2, -0.15) is 4.98 Å². The first-order valence-corrected chi connectivity index (χ1v) is 10.7. The predicted molar refractivity (Wildman–Crippen MR) is 110 cm³/mol. The molecule has 3 heterocycles. The summed E-state index contributed by atoms with van der Waals surface area (Å²) >= 11 is 1.82. The van der Waals surface area contributed by atoms with Crippen molar-refractivity contribution in [2.75, 3.05) is 27.3 Å². The van der Waals surface area contributed by atoms with E-state index in [4.69, 9.17) is 14.5 Å². The van der Waals surface area contributed by atoms with Crippen LogP contribution in [0, 0.1) is 0 Å². The van der Waals surface area contributed by atoms with E-state index in [-0.39, 0.29) is 0 Å². The van der Waals surface area contributed by atoms with Crippen LogP contribution in [0.1, 0.15) is 36.6 Å². The Hall–Kier alpha value is -2.25. The highest BCUT2D eigenvalue weighted by Gasteiger charge is 2.37. The molecule has 1 saturated heterocycles. The Morgan fingerprint density at radius 3 is 2.64 bits per heavy atom. The number of rotatable bonds is 5. The SMILES string of the molecule is COc1ncc(-c2ccc3nc(C4CC(N5CCCC5)C4)sc3c2)c(OC)n1. The van der Waals surface area contributed by atoms with Crippen LogP contribution in [0.4, 0.5) is 0 Å². The Kier molecular flexibility index (Phi) is 4.64. The summed E-state index contributed by atoms with van der Waals surface area (Å²) in [4.78, 5) is 16.1. The highest BCUT2D eigenvalue weighted by molar-refractivity contribution is 7.18. The van der Waals surface area contributed by atoms with Gasteiger partial charge >= 0.3 is 6.01 Å². The molecule has 0 atom stereocenters. The van der Waals surface area contributed by atoms with Crippen molar-refractivity contribution in [3.05, 3.63) is 29.4 Å². The van der Waals surface area contributed by atoms with E-state index in [2.05, 4.69) is 33.1 Å². The van der Waals surface area contributed by atoms with Crippen LogP contribution in [0.3, 0.4) is 0 Å². The van der Waals surface area contributed by atoms with Crippen molar-refractivity contribution >= 4 is 21.6 Å². The minimum Gasteiger partial charge on any atom is -0.480 e. The molecule has 0 bridgehead atoms. The third kappa shape index (κ3) is 3.12. The van der Waals surface area contributed by atoms with Crippen LogP contribution in [0.2, 0.25) is 0 Å². The first-order valence-electron chi connectivity index (χ1n) is 9.85. The van der Waals surface area contributed by atoms with Crippen LogP contribution in [0.15, 0.2) is 24.4 Å². The average molecular weight is 397 g/mol. The van der Waals surface area contributed by atoms with Crippen molar-refractivity contribution in [3.63, 3.8) is 0 Å². The first kappa shape index (κ1) is 17.8. The van der Waals surface area contributed by atoms with Crippen LogP contribution in [0.5, 0.6) is 11.9 Å². The predicted octanol–water partition coefficient (Wildman–Crippen LogP) is 4.11. The maximum Gasteiger partial charge on any atom is 0.319 e. The third-order valence-corrected chi connectivity index (χ3v) is 7.12. The minimum absolute atomic E-state index is 0.305. The number of hydrogen-bond acceptors (Lipinski definition) is 7. The summed E-state index contributed by atoms with van der Waals surface area (Å²) in [6.45, 7) is 2.57. The van der Waals surface area contributed by atoms with Gasteiger partial charge in [-0.1, -0.05) is 6.07 Å². The Balaban J connectivity index is 1.39. The molecular formula is C21H24N4O2S. The molecule has 0 spiro atoms. The van der Waals surface area contributed by atoms with Gasteiger partial charge in [0.2, 0.25) is 5.88 Å². The number of methoxy groups -OCH3 is 2. The summed E-state index contributed by atoms with van der Waals surface area (Å²) in [5.41, 5.74) is 2.96. The van der Waals surface area contributed by atoms with Gasteiger partial charge in [0.05, 0.1) is 35.0 Å². The van der Waals surface area contributed by atoms with Crippen molar-refractivity contribution in [1.82, 2.24) is 19.9 Å². The van der Waals surface area contributed by atoms with Gasteiger partial charge in [0.1, 0.15) is 0 Å². The van der Waals surface area contributed by atoms with Crippen molar-refractivity contribution < 1.29 is 9.47 Å². The number of benzene rings is 1. The smallest absolute Gasteiger partial charge is 0.319 e. The van der Waals surface area contributed by atoms with Gasteiger partial charge in [0, 0.05) is 18.2 Å². The molecule has 3 aromatic rings. The van der Waals surface area contributed by atoms with Crippen LogP contribution in [-0.2, 0) is 0 Å². The fourth-order valence-corrected chi connectivity index (χ4v) is 5.41. The van der Waals surface area contributed by atoms with E-state index in [9.17, 15) is 0 Å². The summed E-state index contributed by atoms with van der Waals surface area (Å²) in [7, 11) is 3.16. The topological polar surface area (TPSA) is 60.4 Å². The zero-order chi connectivity index (χ0) is 19.1. The van der Waals surface area contributed by atoms with Gasteiger partial charge < -0.3 is 14.4 Å². The zero-order valence-electron chi connectivity index (χ0n) is 16.2. The summed E-state index contributed by atoms with van der Waals surface area (Å²) in [5.74, 6) is 1.13. The molecule has 0 radical (unpaired) electrons. The standard InChI is InChI=1S/C21H24N4O2S/c1-26-19-16(12-22-21(24-19)27-2)13-5-6-17-18(11-13)28-20(23-17)14-9-15(10-14)25-7-3-4-8-25/h5-6,11-12,14-15H,3-4,7-10H2,1-2H3. The molecule has 1 saturated carbocycles. The van der Waals surface area contributed by atoms with Gasteiger partial charge in [-0.15, -0.1) is 11.3 Å². The number of nitrogens with zero attached hydrogens (tertiary/aromatic N) is 4. The highest BCUT2D eigenvalue weighted by Crippen LogP contribution is 2.44. The summed E-state index contributed by atoms with van der Waals surface area (Å²) in [6.07, 6.45) is 6.99. The molecule has 1 aromatic carbocycles. The Morgan fingerprint density at radius 2 is 1.89 bits per heavy atom. The fourth-order valence-electron chi connectivity index (χ4n) is 4.28. The van der Waals surface area contributed by atoms with Crippen molar-refractivity contribution in [2.24, 2.45) is 0 Å². The Morgan fingerprint density at radius 1 is 1.07 bits per heavy atom. The molecular weight excluding hydrogens is 372 g/mol. The fraction of sp³-hybridized carbons (Fsp3) is 0.476. The van der Waals surface area contributed by atoms with E-state index >= 15 is 0 Å². The van der Waals surface area contributed by atoms with Crippen molar-refractivity contribution in [1.29, 1.82) is 0 Å². The van der Waals surface area contributed by atoms with Crippen LogP contribution < -0.4 is 9.47 Å². The largest absolute Gasteiger partial charge is 0.480 e. The molecule has 7 heteroatoms. The third-order valence-electron chi connectivity index (χ3n) is 5.94. The molecule has 0 amide bonds.